The van der Waals surface area contributed by atoms with Crippen molar-refractivity contribution in [2.75, 3.05) is 7.15 Å². The SMILES string of the molecule is CC(C)c1ccc(Br)cc1C=O.CC(C)c1ccccc1Br.CC(C)c1ccccc1C=O.O=S(=O)(O)O.[2H]CF. The van der Waals surface area contributed by atoms with Crippen LogP contribution in [0.1, 0.15) is 98.1 Å². The minimum atomic E-state index is -4.67. The van der Waals surface area contributed by atoms with Gasteiger partial charge in [-0.3, -0.25) is 23.1 Å². The van der Waals surface area contributed by atoms with E-state index in [0.29, 0.717) is 17.8 Å². The van der Waals surface area contributed by atoms with Gasteiger partial charge in [-0.1, -0.05) is 122 Å². The summed E-state index contributed by atoms with van der Waals surface area (Å²) >= 11 is 6.82. The predicted molar refractivity (Wildman–Crippen MR) is 169 cm³/mol. The second-order valence-corrected chi connectivity index (χ2v) is 11.7. The molecular formula is C30H39Br2FO6S. The van der Waals surface area contributed by atoms with E-state index in [0.717, 1.165) is 39.3 Å². The molecule has 10 heteroatoms. The number of hydrogen-bond acceptors (Lipinski definition) is 4. The molecule has 0 heterocycles. The fraction of sp³-hybridized carbons (Fsp3) is 0.333. The molecular weight excluding hydrogens is 667 g/mol. The molecule has 0 aliphatic heterocycles. The molecule has 0 saturated heterocycles. The smallest absolute Gasteiger partial charge is 0.298 e. The molecule has 6 nitrogen and oxygen atoms in total. The van der Waals surface area contributed by atoms with E-state index in [1.165, 1.54) is 10.0 Å². The Morgan fingerprint density at radius 1 is 0.725 bits per heavy atom. The maximum atomic E-state index is 10.7. The first-order chi connectivity index (χ1) is 19.0. The number of halogens is 3. The average molecular weight is 708 g/mol. The van der Waals surface area contributed by atoms with Gasteiger partial charge < -0.3 is 0 Å². The largest absolute Gasteiger partial charge is 0.394 e. The lowest BCUT2D eigenvalue weighted by Crippen LogP contribution is -1.94. The third kappa shape index (κ3) is 18.2. The molecule has 0 fully saturated rings. The van der Waals surface area contributed by atoms with Crippen LogP contribution in [0.15, 0.2) is 75.7 Å². The van der Waals surface area contributed by atoms with Crippen molar-refractivity contribution in [1.82, 2.24) is 0 Å². The summed E-state index contributed by atoms with van der Waals surface area (Å²) < 4.78 is 49.2. The molecule has 40 heavy (non-hydrogen) atoms. The lowest BCUT2D eigenvalue weighted by Gasteiger charge is -2.07. The maximum absolute atomic E-state index is 10.7. The second-order valence-electron chi connectivity index (χ2n) is 9.07. The first-order valence-electron chi connectivity index (χ1n) is 12.8. The molecule has 0 amide bonds. The Labute approximate surface area is 256 Å². The number of rotatable bonds is 5. The van der Waals surface area contributed by atoms with Crippen LogP contribution >= 0.6 is 31.9 Å². The Balaban J connectivity index is 0. The van der Waals surface area contributed by atoms with Gasteiger partial charge >= 0.3 is 10.4 Å². The van der Waals surface area contributed by atoms with Gasteiger partial charge in [0.1, 0.15) is 12.6 Å². The minimum absolute atomic E-state index is 0.401. The van der Waals surface area contributed by atoms with Crippen LogP contribution in [0.3, 0.4) is 0 Å². The molecule has 222 valence electrons. The summed E-state index contributed by atoms with van der Waals surface area (Å²) in [5, 5.41) is 0. The molecule has 0 aliphatic carbocycles. The molecule has 0 saturated carbocycles. The third-order valence-corrected chi connectivity index (χ3v) is 6.29. The molecule has 0 spiro atoms. The zero-order valence-corrected chi connectivity index (χ0v) is 27.5. The monoisotopic (exact) mass is 705 g/mol. The highest BCUT2D eigenvalue weighted by atomic mass is 79.9. The normalized spacial score (nSPS) is 10.4. The zero-order chi connectivity index (χ0) is 32.2. The van der Waals surface area contributed by atoms with Gasteiger partial charge in [0.2, 0.25) is 0 Å². The van der Waals surface area contributed by atoms with Gasteiger partial charge in [-0.15, -0.1) is 0 Å². The Morgan fingerprint density at radius 3 is 1.45 bits per heavy atom. The molecule has 2 N–H and O–H groups in total. The first kappa shape index (κ1) is 37.8. The molecule has 0 bridgehead atoms. The van der Waals surface area contributed by atoms with Gasteiger partial charge in [0.25, 0.3) is 0 Å². The van der Waals surface area contributed by atoms with Crippen molar-refractivity contribution in [3.8, 4) is 0 Å². The number of carbonyl (C=O) groups is 2. The van der Waals surface area contributed by atoms with E-state index in [1.54, 1.807) is 0 Å². The lowest BCUT2D eigenvalue weighted by molar-refractivity contribution is 0.111. The molecule has 0 unspecified atom stereocenters. The summed E-state index contributed by atoms with van der Waals surface area (Å²) in [5.74, 6) is 1.44. The summed E-state index contributed by atoms with van der Waals surface area (Å²) in [4.78, 5) is 21.2. The number of hydrogen-bond donors (Lipinski definition) is 2. The summed E-state index contributed by atoms with van der Waals surface area (Å²) in [6, 6.07) is 21.8. The van der Waals surface area contributed by atoms with Crippen molar-refractivity contribution in [3.63, 3.8) is 0 Å². The highest BCUT2D eigenvalue weighted by molar-refractivity contribution is 9.10. The maximum Gasteiger partial charge on any atom is 0.394 e. The highest BCUT2D eigenvalue weighted by Crippen LogP contribution is 2.23. The minimum Gasteiger partial charge on any atom is -0.298 e. The van der Waals surface area contributed by atoms with Gasteiger partial charge in [-0.05, 0) is 52.6 Å². The number of alkyl halides is 1. The Hall–Kier alpha value is -2.24. The van der Waals surface area contributed by atoms with E-state index in [1.807, 2.05) is 48.5 Å². The van der Waals surface area contributed by atoms with Crippen molar-refractivity contribution >= 4 is 54.8 Å². The number of aldehydes is 2. The van der Waals surface area contributed by atoms with Gasteiger partial charge in [-0.2, -0.15) is 8.42 Å². The van der Waals surface area contributed by atoms with Crippen LogP contribution < -0.4 is 0 Å². The van der Waals surface area contributed by atoms with Crippen molar-refractivity contribution in [2.45, 2.75) is 59.3 Å². The fourth-order valence-electron chi connectivity index (χ4n) is 3.26. The first-order valence-corrected chi connectivity index (χ1v) is 15.1. The van der Waals surface area contributed by atoms with E-state index in [4.69, 9.17) is 18.9 Å². The van der Waals surface area contributed by atoms with E-state index in [2.05, 4.69) is 91.6 Å². The van der Waals surface area contributed by atoms with Gasteiger partial charge in [0.05, 0.1) is 8.52 Å². The quantitative estimate of drug-likeness (QED) is 0.202. The highest BCUT2D eigenvalue weighted by Gasteiger charge is 2.05. The molecule has 0 atom stereocenters. The van der Waals surface area contributed by atoms with Crippen LogP contribution in [-0.4, -0.2) is 37.2 Å². The Morgan fingerprint density at radius 2 is 1.10 bits per heavy atom. The molecule has 3 aromatic carbocycles. The van der Waals surface area contributed by atoms with Crippen molar-refractivity contribution in [1.29, 1.82) is 0 Å². The van der Waals surface area contributed by atoms with Gasteiger partial charge in [0.15, 0.2) is 0 Å². The van der Waals surface area contributed by atoms with Crippen molar-refractivity contribution < 1.29 is 32.9 Å². The molecule has 3 aromatic rings. The molecule has 3 rings (SSSR count). The van der Waals surface area contributed by atoms with Crippen LogP contribution in [0.5, 0.6) is 0 Å². The van der Waals surface area contributed by atoms with Crippen LogP contribution in [0, 0.1) is 0 Å². The predicted octanol–water partition coefficient (Wildman–Crippen LogP) is 9.51. The fourth-order valence-corrected chi connectivity index (χ4v) is 4.38. The third-order valence-electron chi connectivity index (χ3n) is 5.07. The van der Waals surface area contributed by atoms with E-state index in [9.17, 15) is 14.0 Å². The topological polar surface area (TPSA) is 109 Å². The molecule has 0 aromatic heterocycles. The second kappa shape index (κ2) is 21.5. The van der Waals surface area contributed by atoms with E-state index < -0.39 is 17.6 Å². The average Bonchev–Trinajstić information content (AvgIpc) is 2.88. The zero-order valence-electron chi connectivity index (χ0n) is 24.5. The van der Waals surface area contributed by atoms with E-state index in [-0.39, 0.29) is 0 Å². The number of benzene rings is 3. The lowest BCUT2D eigenvalue weighted by atomic mass is 9.98. The van der Waals surface area contributed by atoms with Crippen molar-refractivity contribution in [3.05, 3.63) is 103 Å². The van der Waals surface area contributed by atoms with Crippen LogP contribution in [0.4, 0.5) is 4.39 Å². The van der Waals surface area contributed by atoms with Gasteiger partial charge in [0, 0.05) is 20.1 Å². The number of carbonyl (C=O) groups excluding carboxylic acids is 2. The van der Waals surface area contributed by atoms with Gasteiger partial charge in [-0.25, -0.2) is 0 Å². The van der Waals surface area contributed by atoms with E-state index >= 15 is 0 Å². The summed E-state index contributed by atoms with van der Waals surface area (Å²) in [6.45, 7) is 12.7. The van der Waals surface area contributed by atoms with Crippen LogP contribution in [-0.2, 0) is 10.4 Å². The summed E-state index contributed by atoms with van der Waals surface area (Å²) in [5.41, 5.74) is 5.19. The van der Waals surface area contributed by atoms with Crippen LogP contribution in [0.2, 0.25) is 0 Å². The summed E-state index contributed by atoms with van der Waals surface area (Å²) in [7, 11) is -5.67. The summed E-state index contributed by atoms with van der Waals surface area (Å²) in [6.07, 6.45) is 1.81. The molecule has 0 aliphatic rings. The standard InChI is InChI=1S/C10H11BrO.C10H12O.C9H11Br.CH3F.H2O4S/c1-7(2)10-4-3-9(11)5-8(10)6-12;1-8(2)10-6-4-3-5-9(10)7-11;1-7(2)8-5-3-4-6-9(8)10;1-2;1-5(2,3)4/h3-7H,1-2H3;3-8H,1-2H3;3-7H,1-2H3;1H3;(H2,1,2,3,4)/i;;;1D;. The molecule has 0 radical (unpaired) electrons. The Bertz CT molecular complexity index is 1280. The van der Waals surface area contributed by atoms with Crippen molar-refractivity contribution in [2.24, 2.45) is 0 Å². The Kier molecular flexibility index (Phi) is 20.3. The van der Waals surface area contributed by atoms with Crippen LogP contribution in [0.25, 0.3) is 0 Å².